The number of amides is 1. The predicted molar refractivity (Wildman–Crippen MR) is 145 cm³/mol. The molecule has 206 valence electrons. The van der Waals surface area contributed by atoms with Gasteiger partial charge in [-0.05, 0) is 67.3 Å². The van der Waals surface area contributed by atoms with E-state index in [0.717, 1.165) is 17.7 Å². The van der Waals surface area contributed by atoms with Crippen LogP contribution in [0.25, 0.3) is 0 Å². The van der Waals surface area contributed by atoms with Crippen LogP contribution in [-0.4, -0.2) is 22.9 Å². The molecular formula is C28H24Cl3F3N2O3. The lowest BCUT2D eigenvalue weighted by Crippen LogP contribution is -2.42. The molecule has 1 aliphatic rings. The maximum atomic E-state index is 14.3. The van der Waals surface area contributed by atoms with Gasteiger partial charge in [-0.2, -0.15) is 13.2 Å². The lowest BCUT2D eigenvalue weighted by atomic mass is 9.86. The smallest absolute Gasteiger partial charge is 0.386 e. The van der Waals surface area contributed by atoms with E-state index in [-0.39, 0.29) is 38.8 Å². The Bertz CT molecular complexity index is 1450. The van der Waals surface area contributed by atoms with E-state index in [1.54, 1.807) is 39.0 Å². The zero-order valence-corrected chi connectivity index (χ0v) is 23.4. The molecule has 5 nitrogen and oxygen atoms in total. The molecule has 4 rings (SSSR count). The van der Waals surface area contributed by atoms with Gasteiger partial charge in [0.1, 0.15) is 0 Å². The van der Waals surface area contributed by atoms with Crippen LogP contribution in [0.2, 0.25) is 15.1 Å². The van der Waals surface area contributed by atoms with Crippen molar-refractivity contribution in [2.75, 3.05) is 0 Å². The van der Waals surface area contributed by atoms with E-state index in [4.69, 9.17) is 39.6 Å². The molecule has 0 saturated heterocycles. The maximum Gasteiger partial charge on any atom is 0.435 e. The fourth-order valence-corrected chi connectivity index (χ4v) is 4.88. The SMILES string of the molecule is Cc1cc(C2=NOC(c3cc(Cl)c(Cl)c(Cl)c3)(C(F)(F)F)C2)ccc1C(=O)NCc1cccc(C(C)(C)O)c1. The van der Waals surface area contributed by atoms with Gasteiger partial charge in [-0.15, -0.1) is 0 Å². The Hall–Kier alpha value is -2.78. The van der Waals surface area contributed by atoms with Crippen molar-refractivity contribution in [1.82, 2.24) is 5.32 Å². The zero-order valence-electron chi connectivity index (χ0n) is 21.1. The third-order valence-corrected chi connectivity index (χ3v) is 7.72. The van der Waals surface area contributed by atoms with E-state index >= 15 is 0 Å². The molecule has 3 aromatic rings. The average molecular weight is 600 g/mol. The summed E-state index contributed by atoms with van der Waals surface area (Å²) in [5, 5.41) is 16.5. The van der Waals surface area contributed by atoms with Crippen molar-refractivity contribution in [3.8, 4) is 0 Å². The number of alkyl halides is 3. The van der Waals surface area contributed by atoms with Crippen LogP contribution >= 0.6 is 34.8 Å². The first-order valence-corrected chi connectivity index (χ1v) is 12.9. The first-order chi connectivity index (χ1) is 18.1. The normalized spacial score (nSPS) is 17.5. The standard InChI is InChI=1S/C28H24Cl3F3N2O3/c1-15-9-17(7-8-20(15)25(37)35-14-16-5-4-6-18(10-16)26(2,3)38)23-13-27(39-36-23,28(32,33)34)19-11-21(29)24(31)22(30)12-19/h4-12,38H,13-14H2,1-3H3,(H,35,37). The minimum absolute atomic E-state index is 0.0491. The topological polar surface area (TPSA) is 70.9 Å². The molecule has 1 amide bonds. The summed E-state index contributed by atoms with van der Waals surface area (Å²) in [5.74, 6) is -0.354. The highest BCUT2D eigenvalue weighted by atomic mass is 35.5. The molecule has 0 spiro atoms. The summed E-state index contributed by atoms with van der Waals surface area (Å²) < 4.78 is 43.0. The zero-order chi connectivity index (χ0) is 28.8. The molecule has 39 heavy (non-hydrogen) atoms. The van der Waals surface area contributed by atoms with Gasteiger partial charge in [0.15, 0.2) is 0 Å². The van der Waals surface area contributed by atoms with Crippen molar-refractivity contribution in [2.45, 2.75) is 51.1 Å². The van der Waals surface area contributed by atoms with Gasteiger partial charge in [0, 0.05) is 24.1 Å². The molecule has 1 aliphatic heterocycles. The van der Waals surface area contributed by atoms with Crippen LogP contribution in [0.4, 0.5) is 13.2 Å². The summed E-state index contributed by atoms with van der Waals surface area (Å²) in [6, 6.07) is 14.0. The fraction of sp³-hybridized carbons (Fsp3) is 0.286. The van der Waals surface area contributed by atoms with Crippen LogP contribution in [0.5, 0.6) is 0 Å². The van der Waals surface area contributed by atoms with Gasteiger partial charge in [0.05, 0.1) is 26.4 Å². The predicted octanol–water partition coefficient (Wildman–Crippen LogP) is 7.69. The quantitative estimate of drug-likeness (QED) is 0.285. The highest BCUT2D eigenvalue weighted by Crippen LogP contribution is 2.50. The molecule has 0 saturated carbocycles. The number of benzene rings is 3. The van der Waals surface area contributed by atoms with Crippen LogP contribution < -0.4 is 5.32 Å². The summed E-state index contributed by atoms with van der Waals surface area (Å²) >= 11 is 17.9. The number of aryl methyl sites for hydroxylation is 1. The second-order valence-electron chi connectivity index (χ2n) is 9.86. The van der Waals surface area contributed by atoms with Gasteiger partial charge < -0.3 is 15.3 Å². The van der Waals surface area contributed by atoms with Gasteiger partial charge in [-0.25, -0.2) is 0 Å². The molecule has 0 aliphatic carbocycles. The number of nitrogens with one attached hydrogen (secondary N) is 1. The first kappa shape index (κ1) is 29.2. The molecule has 1 unspecified atom stereocenters. The largest absolute Gasteiger partial charge is 0.435 e. The third kappa shape index (κ3) is 5.89. The first-order valence-electron chi connectivity index (χ1n) is 11.8. The Morgan fingerprint density at radius 2 is 1.74 bits per heavy atom. The Morgan fingerprint density at radius 1 is 1.08 bits per heavy atom. The number of hydrogen-bond donors (Lipinski definition) is 2. The monoisotopic (exact) mass is 598 g/mol. The van der Waals surface area contributed by atoms with Gasteiger partial charge in [-0.3, -0.25) is 4.79 Å². The van der Waals surface area contributed by atoms with Crippen LogP contribution in [0, 0.1) is 6.92 Å². The van der Waals surface area contributed by atoms with Gasteiger partial charge in [0.2, 0.25) is 0 Å². The molecule has 0 fully saturated rings. The van der Waals surface area contributed by atoms with Crippen LogP contribution in [-0.2, 0) is 22.6 Å². The van der Waals surface area contributed by atoms with Crippen molar-refractivity contribution in [3.63, 3.8) is 0 Å². The van der Waals surface area contributed by atoms with E-state index in [9.17, 15) is 23.1 Å². The molecule has 1 atom stereocenters. The minimum atomic E-state index is -4.85. The second kappa shape index (κ2) is 10.7. The number of carbonyl (C=O) groups is 1. The Balaban J connectivity index is 1.53. The van der Waals surface area contributed by atoms with E-state index in [1.165, 1.54) is 12.1 Å². The van der Waals surface area contributed by atoms with Crippen LogP contribution in [0.1, 0.15) is 58.4 Å². The second-order valence-corrected chi connectivity index (χ2v) is 11.0. The number of nitrogens with zero attached hydrogens (tertiary/aromatic N) is 1. The van der Waals surface area contributed by atoms with E-state index < -0.39 is 23.8 Å². The van der Waals surface area contributed by atoms with Crippen molar-refractivity contribution >= 4 is 46.4 Å². The summed E-state index contributed by atoms with van der Waals surface area (Å²) in [5.41, 5.74) is -1.30. The lowest BCUT2D eigenvalue weighted by molar-refractivity contribution is -0.275. The maximum absolute atomic E-state index is 14.3. The van der Waals surface area contributed by atoms with Crippen LogP contribution in [0.3, 0.4) is 0 Å². The molecule has 2 N–H and O–H groups in total. The molecule has 3 aromatic carbocycles. The number of oxime groups is 1. The average Bonchev–Trinajstić information content (AvgIpc) is 3.32. The Labute approximate surface area is 238 Å². The van der Waals surface area contributed by atoms with Crippen molar-refractivity contribution < 1.29 is 27.9 Å². The van der Waals surface area contributed by atoms with E-state index in [0.29, 0.717) is 22.3 Å². The summed E-state index contributed by atoms with van der Waals surface area (Å²) in [7, 11) is 0. The molecule has 0 bridgehead atoms. The molecular weight excluding hydrogens is 576 g/mol. The highest BCUT2D eigenvalue weighted by Gasteiger charge is 2.62. The van der Waals surface area contributed by atoms with E-state index in [2.05, 4.69) is 10.5 Å². The number of aliphatic hydroxyl groups is 1. The number of hydrogen-bond acceptors (Lipinski definition) is 4. The van der Waals surface area contributed by atoms with Crippen molar-refractivity contribution in [3.05, 3.63) is 103 Å². The molecule has 0 aromatic heterocycles. The van der Waals surface area contributed by atoms with E-state index in [1.807, 2.05) is 12.1 Å². The van der Waals surface area contributed by atoms with Gasteiger partial charge in [0.25, 0.3) is 11.5 Å². The number of rotatable bonds is 6. The molecule has 1 heterocycles. The molecule has 11 heteroatoms. The van der Waals surface area contributed by atoms with Crippen molar-refractivity contribution in [2.24, 2.45) is 5.16 Å². The lowest BCUT2D eigenvalue weighted by Gasteiger charge is -2.30. The Morgan fingerprint density at radius 3 is 2.33 bits per heavy atom. The summed E-state index contributed by atoms with van der Waals surface area (Å²) in [4.78, 5) is 17.9. The highest BCUT2D eigenvalue weighted by molar-refractivity contribution is 6.48. The Kier molecular flexibility index (Phi) is 7.98. The van der Waals surface area contributed by atoms with Gasteiger partial charge >= 0.3 is 6.18 Å². The minimum Gasteiger partial charge on any atom is -0.386 e. The number of halogens is 6. The van der Waals surface area contributed by atoms with Gasteiger partial charge in [-0.1, -0.05) is 70.3 Å². The summed E-state index contributed by atoms with van der Waals surface area (Å²) in [6.07, 6.45) is -5.48. The van der Waals surface area contributed by atoms with Crippen molar-refractivity contribution in [1.29, 1.82) is 0 Å². The summed E-state index contributed by atoms with van der Waals surface area (Å²) in [6.45, 7) is 5.26. The third-order valence-electron chi connectivity index (χ3n) is 6.53. The molecule has 0 radical (unpaired) electrons. The number of carbonyl (C=O) groups excluding carboxylic acids is 1. The van der Waals surface area contributed by atoms with Crippen LogP contribution in [0.15, 0.2) is 59.8 Å². The fourth-order valence-electron chi connectivity index (χ4n) is 4.28.